The van der Waals surface area contributed by atoms with Gasteiger partial charge in [0.25, 0.3) is 11.8 Å². The van der Waals surface area contributed by atoms with E-state index in [0.717, 1.165) is 67.5 Å². The fourth-order valence-electron chi connectivity index (χ4n) is 4.26. The summed E-state index contributed by atoms with van der Waals surface area (Å²) in [6, 6.07) is 14.0. The molecule has 2 amide bonds. The Morgan fingerprint density at radius 2 is 1.84 bits per heavy atom. The van der Waals surface area contributed by atoms with E-state index >= 15 is 0 Å². The van der Waals surface area contributed by atoms with Crippen LogP contribution in [0.1, 0.15) is 35.7 Å². The summed E-state index contributed by atoms with van der Waals surface area (Å²) in [5.41, 5.74) is 3.81. The van der Waals surface area contributed by atoms with Gasteiger partial charge in [-0.15, -0.1) is 0 Å². The van der Waals surface area contributed by atoms with Crippen LogP contribution >= 0.6 is 0 Å². The molecule has 0 aromatic heterocycles. The highest BCUT2D eigenvalue weighted by Gasteiger charge is 2.25. The monoisotopic (exact) mass is 434 g/mol. The summed E-state index contributed by atoms with van der Waals surface area (Å²) in [7, 11) is 0. The number of carbonyl (C=O) groups is 2. The molecule has 1 saturated heterocycles. The maximum Gasteiger partial charge on any atom is 0.265 e. The molecule has 2 aliphatic heterocycles. The maximum absolute atomic E-state index is 12.2. The molecule has 0 spiro atoms. The van der Waals surface area contributed by atoms with Gasteiger partial charge in [0.2, 0.25) is 0 Å². The lowest BCUT2D eigenvalue weighted by atomic mass is 10.1. The smallest absolute Gasteiger partial charge is 0.265 e. The van der Waals surface area contributed by atoms with Gasteiger partial charge in [-0.25, -0.2) is 0 Å². The topological polar surface area (TPSA) is 73.9 Å². The van der Waals surface area contributed by atoms with E-state index in [0.29, 0.717) is 5.92 Å². The summed E-state index contributed by atoms with van der Waals surface area (Å²) < 4.78 is 5.64. The highest BCUT2D eigenvalue weighted by Crippen LogP contribution is 2.31. The standard InChI is InChI=1S/C25H30N4O3/c1-17-24(30)27-22-14-19(4-9-23(22)32-17)16-28-10-12-29(13-11-28)21-7-5-20(6-8-21)25(31)26-15-18-2-3-18/h4-9,14,17-18H,2-3,10-13,15-16H2,1H3,(H,26,31)(H,27,30). The molecule has 2 N–H and O–H groups in total. The van der Waals surface area contributed by atoms with E-state index in [9.17, 15) is 9.59 Å². The van der Waals surface area contributed by atoms with E-state index in [1.165, 1.54) is 12.8 Å². The quantitative estimate of drug-likeness (QED) is 0.732. The number of rotatable bonds is 6. The number of piperazine rings is 1. The first-order valence-electron chi connectivity index (χ1n) is 11.5. The van der Waals surface area contributed by atoms with Crippen molar-refractivity contribution in [3.05, 3.63) is 53.6 Å². The van der Waals surface area contributed by atoms with E-state index < -0.39 is 6.10 Å². The minimum Gasteiger partial charge on any atom is -0.479 e. The molecule has 5 rings (SSSR count). The molecule has 2 aromatic carbocycles. The Balaban J connectivity index is 1.13. The second-order valence-electron chi connectivity index (χ2n) is 9.04. The van der Waals surface area contributed by atoms with Gasteiger partial charge in [0.15, 0.2) is 6.10 Å². The Labute approximate surface area is 188 Å². The summed E-state index contributed by atoms with van der Waals surface area (Å²) in [4.78, 5) is 28.9. The molecule has 7 heteroatoms. The SMILES string of the molecule is CC1Oc2ccc(CN3CCN(c4ccc(C(=O)NCC5CC5)cc4)CC3)cc2NC1=O. The molecule has 1 atom stereocenters. The second kappa shape index (κ2) is 8.82. The number of nitrogens with one attached hydrogen (secondary N) is 2. The Bertz CT molecular complexity index is 995. The molecular weight excluding hydrogens is 404 g/mol. The van der Waals surface area contributed by atoms with Crippen LogP contribution in [0.4, 0.5) is 11.4 Å². The molecule has 2 aromatic rings. The predicted molar refractivity (Wildman–Crippen MR) is 124 cm³/mol. The van der Waals surface area contributed by atoms with Crippen molar-refractivity contribution in [2.24, 2.45) is 5.92 Å². The number of anilines is 2. The second-order valence-corrected chi connectivity index (χ2v) is 9.04. The van der Waals surface area contributed by atoms with Crippen LogP contribution in [0.2, 0.25) is 0 Å². The molecule has 168 valence electrons. The molecule has 0 radical (unpaired) electrons. The van der Waals surface area contributed by atoms with Gasteiger partial charge >= 0.3 is 0 Å². The highest BCUT2D eigenvalue weighted by atomic mass is 16.5. The molecule has 3 aliphatic rings. The number of fused-ring (bicyclic) bond motifs is 1. The molecule has 1 unspecified atom stereocenters. The lowest BCUT2D eigenvalue weighted by Crippen LogP contribution is -2.46. The van der Waals surface area contributed by atoms with Crippen molar-refractivity contribution in [3.8, 4) is 5.75 Å². The average Bonchev–Trinajstić information content (AvgIpc) is 3.64. The zero-order valence-corrected chi connectivity index (χ0v) is 18.5. The number of carbonyl (C=O) groups excluding carboxylic acids is 2. The van der Waals surface area contributed by atoms with E-state index in [4.69, 9.17) is 4.74 Å². The zero-order chi connectivity index (χ0) is 22.1. The summed E-state index contributed by atoms with van der Waals surface area (Å²) in [6.07, 6.45) is 2.02. The molecule has 32 heavy (non-hydrogen) atoms. The average molecular weight is 435 g/mol. The first-order chi connectivity index (χ1) is 15.5. The fourth-order valence-corrected chi connectivity index (χ4v) is 4.26. The normalized spacial score (nSPS) is 20.8. The maximum atomic E-state index is 12.2. The van der Waals surface area contributed by atoms with E-state index in [2.05, 4.69) is 38.6 Å². The molecular formula is C25H30N4O3. The van der Waals surface area contributed by atoms with Crippen molar-refractivity contribution in [1.82, 2.24) is 10.2 Å². The Kier molecular flexibility index (Phi) is 5.74. The molecule has 1 saturated carbocycles. The van der Waals surface area contributed by atoms with Crippen LogP contribution in [-0.2, 0) is 11.3 Å². The Morgan fingerprint density at radius 1 is 1.09 bits per heavy atom. The van der Waals surface area contributed by atoms with Crippen LogP contribution in [0.5, 0.6) is 5.75 Å². The van der Waals surface area contributed by atoms with Crippen molar-refractivity contribution < 1.29 is 14.3 Å². The van der Waals surface area contributed by atoms with Gasteiger partial charge < -0.3 is 20.3 Å². The number of hydrogen-bond donors (Lipinski definition) is 2. The van der Waals surface area contributed by atoms with Gasteiger partial charge in [-0.05, 0) is 67.6 Å². The highest BCUT2D eigenvalue weighted by molar-refractivity contribution is 5.97. The van der Waals surface area contributed by atoms with Crippen LogP contribution < -0.4 is 20.3 Å². The Hall–Kier alpha value is -3.06. The molecule has 7 nitrogen and oxygen atoms in total. The minimum atomic E-state index is -0.451. The van der Waals surface area contributed by atoms with E-state index in [-0.39, 0.29) is 11.8 Å². The Morgan fingerprint density at radius 3 is 2.56 bits per heavy atom. The number of nitrogens with zero attached hydrogens (tertiary/aromatic N) is 2. The van der Waals surface area contributed by atoms with Crippen molar-refractivity contribution >= 4 is 23.2 Å². The van der Waals surface area contributed by atoms with Gasteiger partial charge in [-0.1, -0.05) is 6.07 Å². The lowest BCUT2D eigenvalue weighted by Gasteiger charge is -2.36. The summed E-state index contributed by atoms with van der Waals surface area (Å²) in [5, 5.41) is 5.95. The van der Waals surface area contributed by atoms with Gasteiger partial charge in [0.1, 0.15) is 5.75 Å². The number of hydrogen-bond acceptors (Lipinski definition) is 5. The van der Waals surface area contributed by atoms with Crippen LogP contribution in [0, 0.1) is 5.92 Å². The van der Waals surface area contributed by atoms with Crippen LogP contribution in [0.15, 0.2) is 42.5 Å². The third kappa shape index (κ3) is 4.72. The van der Waals surface area contributed by atoms with Crippen LogP contribution in [-0.4, -0.2) is 55.5 Å². The predicted octanol–water partition coefficient (Wildman–Crippen LogP) is 2.87. The van der Waals surface area contributed by atoms with Gasteiger partial charge in [0.05, 0.1) is 5.69 Å². The van der Waals surface area contributed by atoms with E-state index in [1.54, 1.807) is 6.92 Å². The van der Waals surface area contributed by atoms with Gasteiger partial charge in [-0.2, -0.15) is 0 Å². The number of benzene rings is 2. The molecule has 2 heterocycles. The molecule has 1 aliphatic carbocycles. The van der Waals surface area contributed by atoms with Gasteiger partial charge in [0, 0.05) is 50.5 Å². The third-order valence-corrected chi connectivity index (χ3v) is 6.50. The van der Waals surface area contributed by atoms with Crippen LogP contribution in [0.3, 0.4) is 0 Å². The largest absolute Gasteiger partial charge is 0.479 e. The van der Waals surface area contributed by atoms with Crippen molar-refractivity contribution in [2.45, 2.75) is 32.4 Å². The van der Waals surface area contributed by atoms with Crippen molar-refractivity contribution in [3.63, 3.8) is 0 Å². The fraction of sp³-hybridized carbons (Fsp3) is 0.440. The van der Waals surface area contributed by atoms with Crippen LogP contribution in [0.25, 0.3) is 0 Å². The molecule has 2 fully saturated rings. The third-order valence-electron chi connectivity index (χ3n) is 6.50. The summed E-state index contributed by atoms with van der Waals surface area (Å²) >= 11 is 0. The number of amides is 2. The van der Waals surface area contributed by atoms with Gasteiger partial charge in [-0.3, -0.25) is 14.5 Å². The zero-order valence-electron chi connectivity index (χ0n) is 18.5. The lowest BCUT2D eigenvalue weighted by molar-refractivity contribution is -0.122. The molecule has 0 bridgehead atoms. The summed E-state index contributed by atoms with van der Waals surface area (Å²) in [6.45, 7) is 7.19. The summed E-state index contributed by atoms with van der Waals surface area (Å²) in [5.74, 6) is 1.34. The van der Waals surface area contributed by atoms with E-state index in [1.807, 2.05) is 24.3 Å². The van der Waals surface area contributed by atoms with Crippen molar-refractivity contribution in [2.75, 3.05) is 42.9 Å². The minimum absolute atomic E-state index is 0.0226. The first kappa shape index (κ1) is 20.8. The van der Waals surface area contributed by atoms with Crippen molar-refractivity contribution in [1.29, 1.82) is 0 Å². The first-order valence-corrected chi connectivity index (χ1v) is 11.5. The number of ether oxygens (including phenoxy) is 1.